The largest absolute Gasteiger partial charge is 0.492 e. The number of ether oxygens (including phenoxy) is 4. The van der Waals surface area contributed by atoms with Gasteiger partial charge in [-0.15, -0.1) is 0 Å². The minimum Gasteiger partial charge on any atom is -0.492 e. The van der Waals surface area contributed by atoms with Crippen molar-refractivity contribution in [3.8, 4) is 28.4 Å². The third-order valence-corrected chi connectivity index (χ3v) is 5.77. The molecule has 0 radical (unpaired) electrons. The van der Waals surface area contributed by atoms with Crippen LogP contribution in [-0.2, 0) is 4.74 Å². The average Bonchev–Trinajstić information content (AvgIpc) is 3.14. The molecule has 0 unspecified atom stereocenters. The molecule has 4 atom stereocenters. The van der Waals surface area contributed by atoms with Gasteiger partial charge in [-0.2, -0.15) is 0 Å². The van der Waals surface area contributed by atoms with Crippen LogP contribution in [0.5, 0.6) is 17.2 Å². The van der Waals surface area contributed by atoms with E-state index in [1.54, 1.807) is 7.11 Å². The highest BCUT2D eigenvalue weighted by molar-refractivity contribution is 5.83. The Morgan fingerprint density at radius 3 is 2.54 bits per heavy atom. The van der Waals surface area contributed by atoms with E-state index in [2.05, 4.69) is 44.2 Å². The van der Waals surface area contributed by atoms with Crippen molar-refractivity contribution in [3.05, 3.63) is 41.5 Å². The van der Waals surface area contributed by atoms with Crippen molar-refractivity contribution in [2.45, 2.75) is 26.1 Å². The van der Waals surface area contributed by atoms with Crippen molar-refractivity contribution in [2.24, 2.45) is 11.8 Å². The Kier molecular flexibility index (Phi) is 2.89. The second kappa shape index (κ2) is 4.90. The van der Waals surface area contributed by atoms with E-state index in [4.69, 9.17) is 18.9 Å². The zero-order chi connectivity index (χ0) is 16.4. The smallest absolute Gasteiger partial charge is 0.231 e. The number of hydrogen-bond acceptors (Lipinski definition) is 4. The van der Waals surface area contributed by atoms with Crippen LogP contribution in [0.1, 0.15) is 37.2 Å². The summed E-state index contributed by atoms with van der Waals surface area (Å²) in [5.41, 5.74) is 4.63. The molecular weight excluding hydrogens is 304 g/mol. The van der Waals surface area contributed by atoms with E-state index in [0.29, 0.717) is 17.6 Å². The molecule has 124 valence electrons. The number of hydrogen-bond donors (Lipinski definition) is 0. The first-order valence-corrected chi connectivity index (χ1v) is 8.46. The lowest BCUT2D eigenvalue weighted by atomic mass is 9.78. The summed E-state index contributed by atoms with van der Waals surface area (Å²) in [5, 5.41) is 0. The maximum absolute atomic E-state index is 6.51. The predicted octanol–water partition coefficient (Wildman–Crippen LogP) is 4.49. The lowest BCUT2D eigenvalue weighted by Crippen LogP contribution is -2.13. The summed E-state index contributed by atoms with van der Waals surface area (Å²) in [4.78, 5) is 0. The van der Waals surface area contributed by atoms with Crippen LogP contribution >= 0.6 is 0 Å². The maximum Gasteiger partial charge on any atom is 0.231 e. The van der Waals surface area contributed by atoms with Crippen LogP contribution < -0.4 is 14.2 Å². The van der Waals surface area contributed by atoms with Gasteiger partial charge in [0.2, 0.25) is 12.5 Å². The highest BCUT2D eigenvalue weighted by Gasteiger charge is 2.46. The Hall–Kier alpha value is -2.20. The van der Waals surface area contributed by atoms with Crippen molar-refractivity contribution in [2.75, 3.05) is 13.9 Å². The summed E-state index contributed by atoms with van der Waals surface area (Å²) in [6.07, 6.45) is 0.144. The van der Waals surface area contributed by atoms with Crippen LogP contribution in [0.25, 0.3) is 11.1 Å². The van der Waals surface area contributed by atoms with Crippen molar-refractivity contribution in [1.29, 1.82) is 0 Å². The lowest BCUT2D eigenvalue weighted by Gasteiger charge is -2.25. The summed E-state index contributed by atoms with van der Waals surface area (Å²) >= 11 is 0. The van der Waals surface area contributed by atoms with E-state index in [0.717, 1.165) is 22.6 Å². The molecule has 0 aliphatic carbocycles. The van der Waals surface area contributed by atoms with Gasteiger partial charge in [0.05, 0.1) is 19.3 Å². The van der Waals surface area contributed by atoms with Gasteiger partial charge in [-0.05, 0) is 34.6 Å². The van der Waals surface area contributed by atoms with Crippen LogP contribution in [0.3, 0.4) is 0 Å². The Morgan fingerprint density at radius 2 is 1.75 bits per heavy atom. The Balaban J connectivity index is 1.88. The topological polar surface area (TPSA) is 36.9 Å². The predicted molar refractivity (Wildman–Crippen MR) is 89.4 cm³/mol. The molecule has 1 fully saturated rings. The van der Waals surface area contributed by atoms with Gasteiger partial charge in [-0.3, -0.25) is 0 Å². The van der Waals surface area contributed by atoms with Gasteiger partial charge in [0, 0.05) is 5.56 Å². The normalized spacial score (nSPS) is 29.0. The molecule has 0 N–H and O–H groups in total. The van der Waals surface area contributed by atoms with Crippen LogP contribution in [0.4, 0.5) is 0 Å². The zero-order valence-corrected chi connectivity index (χ0v) is 14.0. The average molecular weight is 324 g/mol. The summed E-state index contributed by atoms with van der Waals surface area (Å²) in [7, 11) is 1.69. The minimum atomic E-state index is 0.0378. The molecule has 1 saturated heterocycles. The molecular formula is C20H20O4. The van der Waals surface area contributed by atoms with E-state index in [1.807, 2.05) is 0 Å². The van der Waals surface area contributed by atoms with Gasteiger partial charge >= 0.3 is 0 Å². The number of benzene rings is 2. The summed E-state index contributed by atoms with van der Waals surface area (Å²) < 4.78 is 23.6. The third kappa shape index (κ3) is 1.67. The molecule has 2 aromatic rings. The second-order valence-electron chi connectivity index (χ2n) is 6.89. The van der Waals surface area contributed by atoms with E-state index in [-0.39, 0.29) is 19.0 Å². The molecule has 2 bridgehead atoms. The molecule has 3 aliphatic rings. The lowest BCUT2D eigenvalue weighted by molar-refractivity contribution is 0.0314. The van der Waals surface area contributed by atoms with Gasteiger partial charge in [0.15, 0.2) is 11.5 Å². The van der Waals surface area contributed by atoms with Crippen molar-refractivity contribution in [1.82, 2.24) is 0 Å². The van der Waals surface area contributed by atoms with Gasteiger partial charge in [-0.25, -0.2) is 0 Å². The molecule has 24 heavy (non-hydrogen) atoms. The van der Waals surface area contributed by atoms with E-state index in [1.165, 1.54) is 11.1 Å². The Morgan fingerprint density at radius 1 is 1.00 bits per heavy atom. The molecule has 4 nitrogen and oxygen atoms in total. The minimum absolute atomic E-state index is 0.0378. The molecule has 0 saturated carbocycles. The standard InChI is InChI=1S/C20H20O4/c1-10-11(2)18-14-8-15-19(23-9-22-15)20(21-3)16(14)12-6-4-5-7-13(12)17(10)24-18/h4-8,10-11,17-18H,9H2,1-3H3/t10-,11+,17+,18-/m0/s1. The Bertz CT molecular complexity index is 829. The quantitative estimate of drug-likeness (QED) is 0.774. The van der Waals surface area contributed by atoms with E-state index < -0.39 is 0 Å². The van der Waals surface area contributed by atoms with Crippen LogP contribution in [0, 0.1) is 11.8 Å². The molecule has 4 heteroatoms. The monoisotopic (exact) mass is 324 g/mol. The Labute approximate surface area is 141 Å². The molecule has 5 rings (SSSR count). The van der Waals surface area contributed by atoms with Crippen molar-refractivity contribution < 1.29 is 18.9 Å². The maximum atomic E-state index is 6.51. The van der Waals surface area contributed by atoms with Crippen molar-refractivity contribution in [3.63, 3.8) is 0 Å². The van der Waals surface area contributed by atoms with E-state index >= 15 is 0 Å². The SMILES string of the molecule is COc1c2c(cc3c1-c1ccccc1[C@@H]1O[C@H]3[C@H](C)[C@@H]1C)OCO2. The summed E-state index contributed by atoms with van der Waals surface area (Å²) in [6, 6.07) is 10.6. The van der Waals surface area contributed by atoms with Crippen LogP contribution in [0.15, 0.2) is 30.3 Å². The van der Waals surface area contributed by atoms with Gasteiger partial charge < -0.3 is 18.9 Å². The second-order valence-corrected chi connectivity index (χ2v) is 6.89. The van der Waals surface area contributed by atoms with Gasteiger partial charge in [0.25, 0.3) is 0 Å². The number of rotatable bonds is 1. The zero-order valence-electron chi connectivity index (χ0n) is 14.0. The van der Waals surface area contributed by atoms with E-state index in [9.17, 15) is 0 Å². The molecule has 2 aromatic carbocycles. The molecule has 0 aromatic heterocycles. The highest BCUT2D eigenvalue weighted by atomic mass is 16.7. The molecule has 0 amide bonds. The molecule has 3 aliphatic heterocycles. The fraction of sp³-hybridized carbons (Fsp3) is 0.400. The number of methoxy groups -OCH3 is 1. The highest BCUT2D eigenvalue weighted by Crippen LogP contribution is 2.60. The fourth-order valence-electron chi connectivity index (χ4n) is 4.37. The first kappa shape index (κ1) is 14.2. The fourth-order valence-corrected chi connectivity index (χ4v) is 4.37. The third-order valence-electron chi connectivity index (χ3n) is 5.77. The van der Waals surface area contributed by atoms with Crippen molar-refractivity contribution >= 4 is 0 Å². The first-order valence-electron chi connectivity index (χ1n) is 8.46. The van der Waals surface area contributed by atoms with Crippen LogP contribution in [0.2, 0.25) is 0 Å². The van der Waals surface area contributed by atoms with Gasteiger partial charge in [-0.1, -0.05) is 38.1 Å². The van der Waals surface area contributed by atoms with Gasteiger partial charge in [0.1, 0.15) is 0 Å². The van der Waals surface area contributed by atoms with Crippen LogP contribution in [-0.4, -0.2) is 13.9 Å². The molecule has 0 spiro atoms. The molecule has 3 heterocycles. The summed E-state index contributed by atoms with van der Waals surface area (Å²) in [5.74, 6) is 3.08. The summed E-state index contributed by atoms with van der Waals surface area (Å²) in [6.45, 7) is 4.78. The first-order chi connectivity index (χ1) is 11.7. The number of fused-ring (bicyclic) bond motifs is 8.